The summed E-state index contributed by atoms with van der Waals surface area (Å²) in [5, 5.41) is 2.86. The lowest BCUT2D eigenvalue weighted by molar-refractivity contribution is 0.138. The first-order valence-corrected chi connectivity index (χ1v) is 8.02. The number of carbonyl (C=O) groups excluding carboxylic acids is 2. The van der Waals surface area contributed by atoms with Crippen molar-refractivity contribution < 1.29 is 9.59 Å². The number of nitrogens with zero attached hydrogens (tertiary/aromatic N) is 3. The molecule has 2 unspecified atom stereocenters. The fraction of sp³-hybridized carbons (Fsp3) is 0.800. The Morgan fingerprint density at radius 3 is 2.00 bits per heavy atom. The number of thiol groups is 3. The summed E-state index contributed by atoms with van der Waals surface area (Å²) >= 11 is 12.5. The summed E-state index contributed by atoms with van der Waals surface area (Å²) < 4.78 is 0. The molecule has 0 radical (unpaired) electrons. The van der Waals surface area contributed by atoms with Crippen LogP contribution in [0.5, 0.6) is 0 Å². The summed E-state index contributed by atoms with van der Waals surface area (Å²) in [7, 11) is 0. The first kappa shape index (κ1) is 15.0. The van der Waals surface area contributed by atoms with Crippen molar-refractivity contribution in [3.63, 3.8) is 0 Å². The maximum Gasteiger partial charge on any atom is 0.323 e. The van der Waals surface area contributed by atoms with Gasteiger partial charge in [-0.05, 0) is 0 Å². The van der Waals surface area contributed by atoms with Gasteiger partial charge in [-0.3, -0.25) is 14.7 Å². The van der Waals surface area contributed by atoms with E-state index in [-0.39, 0.29) is 24.4 Å². The predicted octanol–water partition coefficient (Wildman–Crippen LogP) is 0.191. The molecule has 4 amide bonds. The van der Waals surface area contributed by atoms with Crippen molar-refractivity contribution in [1.82, 2.24) is 20.0 Å². The average molecular weight is 322 g/mol. The van der Waals surface area contributed by atoms with Crippen LogP contribution in [0.25, 0.3) is 0 Å². The first-order chi connectivity index (χ1) is 9.15. The quantitative estimate of drug-likeness (QED) is 0.528. The van der Waals surface area contributed by atoms with Crippen LogP contribution in [0, 0.1) is 0 Å². The van der Waals surface area contributed by atoms with E-state index >= 15 is 0 Å². The fourth-order valence-corrected chi connectivity index (χ4v) is 3.22. The molecule has 0 aromatic heterocycles. The predicted molar refractivity (Wildman–Crippen MR) is 83.2 cm³/mol. The van der Waals surface area contributed by atoms with Crippen molar-refractivity contribution in [2.24, 2.45) is 0 Å². The van der Waals surface area contributed by atoms with E-state index in [9.17, 15) is 9.59 Å². The Balaban J connectivity index is 2.24. The number of carbonyl (C=O) groups is 2. The molecule has 9 heteroatoms. The first-order valence-electron chi connectivity index (χ1n) is 6.12. The number of fused-ring (bicyclic) bond motifs is 1. The van der Waals surface area contributed by atoms with Crippen molar-refractivity contribution in [3.05, 3.63) is 0 Å². The molecule has 0 spiro atoms. The highest BCUT2D eigenvalue weighted by Crippen LogP contribution is 2.28. The summed E-state index contributed by atoms with van der Waals surface area (Å²) in [6.45, 7) is 1.55. The van der Waals surface area contributed by atoms with Crippen LogP contribution in [0.2, 0.25) is 0 Å². The van der Waals surface area contributed by atoms with E-state index in [0.29, 0.717) is 36.9 Å². The minimum atomic E-state index is -0.299. The lowest BCUT2D eigenvalue weighted by Crippen LogP contribution is -2.47. The second-order valence-electron chi connectivity index (χ2n) is 4.34. The highest BCUT2D eigenvalue weighted by Gasteiger charge is 2.54. The number of rotatable bonds is 6. The molecule has 2 heterocycles. The Labute approximate surface area is 129 Å². The second kappa shape index (κ2) is 6.36. The SMILES string of the molecule is O=C1NC2C(N1CCS)N(CCS)C(=O)N2CCS. The van der Waals surface area contributed by atoms with Gasteiger partial charge in [-0.1, -0.05) is 0 Å². The van der Waals surface area contributed by atoms with Crippen LogP contribution < -0.4 is 5.32 Å². The largest absolute Gasteiger partial charge is 0.323 e. The van der Waals surface area contributed by atoms with Crippen LogP contribution in [0.1, 0.15) is 0 Å². The van der Waals surface area contributed by atoms with E-state index in [1.165, 1.54) is 0 Å². The third-order valence-electron chi connectivity index (χ3n) is 3.30. The fourth-order valence-electron chi connectivity index (χ4n) is 2.57. The van der Waals surface area contributed by atoms with Crippen LogP contribution in [0.15, 0.2) is 0 Å². The second-order valence-corrected chi connectivity index (χ2v) is 5.68. The molecule has 2 saturated heterocycles. The molecule has 6 nitrogen and oxygen atoms in total. The number of nitrogens with one attached hydrogen (secondary N) is 1. The molecule has 0 saturated carbocycles. The normalized spacial score (nSPS) is 26.2. The Bertz CT molecular complexity index is 367. The van der Waals surface area contributed by atoms with E-state index in [4.69, 9.17) is 0 Å². The highest BCUT2D eigenvalue weighted by molar-refractivity contribution is 7.80. The van der Waals surface area contributed by atoms with Crippen molar-refractivity contribution in [2.45, 2.75) is 12.3 Å². The summed E-state index contributed by atoms with van der Waals surface area (Å²) in [4.78, 5) is 29.3. The summed E-state index contributed by atoms with van der Waals surface area (Å²) in [5.74, 6) is 1.69. The van der Waals surface area contributed by atoms with Crippen molar-refractivity contribution in [1.29, 1.82) is 0 Å². The zero-order valence-electron chi connectivity index (χ0n) is 10.4. The third kappa shape index (κ3) is 2.59. The zero-order valence-corrected chi connectivity index (χ0v) is 13.1. The van der Waals surface area contributed by atoms with Gasteiger partial charge in [0.25, 0.3) is 0 Å². The topological polar surface area (TPSA) is 55.9 Å². The van der Waals surface area contributed by atoms with Gasteiger partial charge in [0.15, 0.2) is 0 Å². The summed E-state index contributed by atoms with van der Waals surface area (Å²) in [6.07, 6.45) is -0.564. The molecule has 0 bridgehead atoms. The molecule has 2 fully saturated rings. The number of urea groups is 2. The van der Waals surface area contributed by atoms with Crippen molar-refractivity contribution in [2.75, 3.05) is 36.9 Å². The third-order valence-corrected chi connectivity index (χ3v) is 3.90. The van der Waals surface area contributed by atoms with Crippen LogP contribution >= 0.6 is 37.9 Å². The van der Waals surface area contributed by atoms with Gasteiger partial charge in [0.1, 0.15) is 12.3 Å². The van der Waals surface area contributed by atoms with E-state index < -0.39 is 0 Å². The molecule has 0 aromatic rings. The van der Waals surface area contributed by atoms with Crippen LogP contribution in [-0.4, -0.2) is 76.0 Å². The van der Waals surface area contributed by atoms with E-state index in [1.807, 2.05) is 0 Å². The van der Waals surface area contributed by atoms with Crippen LogP contribution in [-0.2, 0) is 0 Å². The van der Waals surface area contributed by atoms with Gasteiger partial charge in [0.2, 0.25) is 0 Å². The zero-order chi connectivity index (χ0) is 14.0. The smallest absolute Gasteiger partial charge is 0.314 e. The molecule has 2 atom stereocenters. The molecule has 1 N–H and O–H groups in total. The minimum absolute atomic E-state index is 0.0673. The standard InChI is InChI=1S/C10H18N4O2S3/c15-9-11-7-8(13(9)2-5-18)14(3-6-19)10(16)12(7)1-4-17/h7-8,17-19H,1-6H2,(H,11,15). The van der Waals surface area contributed by atoms with E-state index in [2.05, 4.69) is 43.2 Å². The van der Waals surface area contributed by atoms with Gasteiger partial charge in [-0.25, -0.2) is 9.59 Å². The van der Waals surface area contributed by atoms with Crippen LogP contribution in [0.4, 0.5) is 9.59 Å². The Morgan fingerprint density at radius 2 is 1.42 bits per heavy atom. The number of hydrogen-bond acceptors (Lipinski definition) is 5. The summed E-state index contributed by atoms with van der Waals surface area (Å²) in [5.41, 5.74) is 0. The maximum atomic E-state index is 12.3. The molecular formula is C10H18N4O2S3. The number of hydrogen-bond donors (Lipinski definition) is 4. The number of amides is 4. The van der Waals surface area contributed by atoms with Gasteiger partial charge < -0.3 is 5.32 Å². The molecule has 2 aliphatic rings. The highest BCUT2D eigenvalue weighted by atomic mass is 32.1. The van der Waals surface area contributed by atoms with E-state index in [0.717, 1.165) is 0 Å². The van der Waals surface area contributed by atoms with E-state index in [1.54, 1.807) is 14.7 Å². The minimum Gasteiger partial charge on any atom is -0.314 e. The van der Waals surface area contributed by atoms with Crippen molar-refractivity contribution in [3.8, 4) is 0 Å². The van der Waals surface area contributed by atoms with Gasteiger partial charge >= 0.3 is 12.1 Å². The molecule has 2 rings (SSSR count). The lowest BCUT2D eigenvalue weighted by atomic mass is 10.3. The molecular weight excluding hydrogens is 304 g/mol. The van der Waals surface area contributed by atoms with Gasteiger partial charge in [0.05, 0.1) is 0 Å². The van der Waals surface area contributed by atoms with Gasteiger partial charge in [-0.2, -0.15) is 37.9 Å². The molecule has 0 aromatic carbocycles. The Morgan fingerprint density at radius 1 is 0.895 bits per heavy atom. The van der Waals surface area contributed by atoms with Gasteiger partial charge in [-0.15, -0.1) is 0 Å². The summed E-state index contributed by atoms with van der Waals surface area (Å²) in [6, 6.07) is -0.216. The Kier molecular flexibility index (Phi) is 5.02. The molecule has 19 heavy (non-hydrogen) atoms. The monoisotopic (exact) mass is 322 g/mol. The average Bonchev–Trinajstić information content (AvgIpc) is 2.81. The Hall–Kier alpha value is -0.410. The molecule has 2 aliphatic heterocycles. The van der Waals surface area contributed by atoms with Crippen LogP contribution in [0.3, 0.4) is 0 Å². The van der Waals surface area contributed by atoms with Crippen molar-refractivity contribution >= 4 is 49.9 Å². The molecule has 108 valence electrons. The van der Waals surface area contributed by atoms with Gasteiger partial charge in [0, 0.05) is 36.9 Å². The molecule has 0 aliphatic carbocycles. The lowest BCUT2D eigenvalue weighted by Gasteiger charge is -2.28. The maximum absolute atomic E-state index is 12.3.